The predicted molar refractivity (Wildman–Crippen MR) is 93.7 cm³/mol. The smallest absolute Gasteiger partial charge is 0.152 e. The first-order chi connectivity index (χ1) is 10.8. The van der Waals surface area contributed by atoms with E-state index in [9.17, 15) is 8.42 Å². The van der Waals surface area contributed by atoms with Gasteiger partial charge >= 0.3 is 0 Å². The lowest BCUT2D eigenvalue weighted by Crippen LogP contribution is -2.51. The number of sulfone groups is 1. The molecule has 0 amide bonds. The molecule has 1 aliphatic heterocycles. The maximum atomic E-state index is 11.6. The van der Waals surface area contributed by atoms with Crippen LogP contribution >= 0.6 is 11.6 Å². The minimum absolute atomic E-state index is 0.0284. The van der Waals surface area contributed by atoms with Crippen molar-refractivity contribution in [2.24, 2.45) is 0 Å². The highest BCUT2D eigenvalue weighted by atomic mass is 35.5. The number of pyridine rings is 1. The Morgan fingerprint density at radius 3 is 2.70 bits per heavy atom. The molecule has 5 nitrogen and oxygen atoms in total. The second kappa shape index (κ2) is 6.07. The number of H-pyrrole nitrogens is 1. The van der Waals surface area contributed by atoms with Crippen LogP contribution in [-0.2, 0) is 16.3 Å². The maximum Gasteiger partial charge on any atom is 0.152 e. The molecule has 0 aromatic carbocycles. The predicted octanol–water partition coefficient (Wildman–Crippen LogP) is 2.66. The van der Waals surface area contributed by atoms with Crippen molar-refractivity contribution in [2.75, 3.05) is 24.6 Å². The normalized spacial score (nSPS) is 19.3. The molecule has 0 spiro atoms. The van der Waals surface area contributed by atoms with Crippen LogP contribution in [0.25, 0.3) is 11.0 Å². The average Bonchev–Trinajstić information content (AvgIpc) is 2.87. The van der Waals surface area contributed by atoms with E-state index in [0.717, 1.165) is 23.9 Å². The van der Waals surface area contributed by atoms with Gasteiger partial charge in [-0.2, -0.15) is 0 Å². The van der Waals surface area contributed by atoms with Gasteiger partial charge in [0.1, 0.15) is 10.8 Å². The number of aromatic nitrogens is 2. The molecular weight excluding hydrogens is 334 g/mol. The zero-order chi connectivity index (χ0) is 16.7. The van der Waals surface area contributed by atoms with Crippen molar-refractivity contribution >= 4 is 32.5 Å². The quantitative estimate of drug-likeness (QED) is 0.856. The van der Waals surface area contributed by atoms with Crippen LogP contribution in [-0.4, -0.2) is 53.4 Å². The molecule has 1 saturated heterocycles. The topological polar surface area (TPSA) is 66.1 Å². The van der Waals surface area contributed by atoms with Crippen LogP contribution in [0.4, 0.5) is 0 Å². The van der Waals surface area contributed by atoms with E-state index in [1.165, 1.54) is 5.56 Å². The third kappa shape index (κ3) is 3.70. The summed E-state index contributed by atoms with van der Waals surface area (Å²) in [5, 5.41) is 1.59. The summed E-state index contributed by atoms with van der Waals surface area (Å²) in [5.74, 6) is 0.540. The Kier molecular flexibility index (Phi) is 4.42. The number of aryl methyl sites for hydroxylation is 1. The van der Waals surface area contributed by atoms with E-state index in [4.69, 9.17) is 11.6 Å². The first-order valence-corrected chi connectivity index (χ1v) is 10.0. The summed E-state index contributed by atoms with van der Waals surface area (Å²) in [6.45, 7) is 5.63. The second-order valence-electron chi connectivity index (χ2n) is 6.80. The molecule has 1 aliphatic rings. The summed E-state index contributed by atoms with van der Waals surface area (Å²) in [6.07, 6.45) is 3.87. The molecule has 0 atom stereocenters. The summed E-state index contributed by atoms with van der Waals surface area (Å²) in [7, 11) is -2.83. The van der Waals surface area contributed by atoms with Gasteiger partial charge in [0.05, 0.1) is 11.5 Å². The highest BCUT2D eigenvalue weighted by molar-refractivity contribution is 7.91. The molecule has 0 aliphatic carbocycles. The first-order valence-electron chi connectivity index (χ1n) is 7.85. The van der Waals surface area contributed by atoms with E-state index in [1.54, 1.807) is 0 Å². The van der Waals surface area contributed by atoms with Crippen molar-refractivity contribution in [2.45, 2.75) is 32.2 Å². The fraction of sp³-hybridized carbons (Fsp3) is 0.562. The molecule has 0 saturated carbocycles. The minimum Gasteiger partial charge on any atom is -0.346 e. The second-order valence-corrected chi connectivity index (χ2v) is 9.49. The van der Waals surface area contributed by atoms with Gasteiger partial charge in [0.15, 0.2) is 9.84 Å². The Balaban J connectivity index is 1.68. The third-order valence-corrected chi connectivity index (χ3v) is 6.62. The monoisotopic (exact) mass is 355 g/mol. The van der Waals surface area contributed by atoms with Crippen LogP contribution < -0.4 is 0 Å². The fourth-order valence-electron chi connectivity index (χ4n) is 3.16. The molecule has 2 aromatic rings. The minimum atomic E-state index is -2.83. The van der Waals surface area contributed by atoms with Gasteiger partial charge in [-0.25, -0.2) is 13.4 Å². The number of fused-ring (bicyclic) bond motifs is 1. The van der Waals surface area contributed by atoms with Gasteiger partial charge in [-0.05, 0) is 44.4 Å². The van der Waals surface area contributed by atoms with Gasteiger partial charge in [-0.15, -0.1) is 0 Å². The van der Waals surface area contributed by atoms with Crippen molar-refractivity contribution in [1.82, 2.24) is 14.9 Å². The zero-order valence-corrected chi connectivity index (χ0v) is 15.0. The van der Waals surface area contributed by atoms with Crippen molar-refractivity contribution in [1.29, 1.82) is 0 Å². The number of aromatic amines is 1. The van der Waals surface area contributed by atoms with Crippen molar-refractivity contribution < 1.29 is 8.42 Å². The molecule has 2 aromatic heterocycles. The van der Waals surface area contributed by atoms with E-state index >= 15 is 0 Å². The van der Waals surface area contributed by atoms with E-state index < -0.39 is 9.84 Å². The molecule has 3 rings (SSSR count). The van der Waals surface area contributed by atoms with Crippen LogP contribution in [0, 0.1) is 0 Å². The summed E-state index contributed by atoms with van der Waals surface area (Å²) >= 11 is 5.92. The van der Waals surface area contributed by atoms with Gasteiger partial charge < -0.3 is 4.98 Å². The molecule has 1 fully saturated rings. The van der Waals surface area contributed by atoms with Gasteiger partial charge in [0.25, 0.3) is 0 Å². The molecule has 126 valence electrons. The van der Waals surface area contributed by atoms with Gasteiger partial charge in [-0.1, -0.05) is 11.6 Å². The fourth-order valence-corrected chi connectivity index (χ4v) is 4.51. The van der Waals surface area contributed by atoms with Gasteiger partial charge in [-0.3, -0.25) is 4.90 Å². The van der Waals surface area contributed by atoms with Crippen molar-refractivity contribution in [3.63, 3.8) is 0 Å². The summed E-state index contributed by atoms with van der Waals surface area (Å²) in [4.78, 5) is 9.74. The molecule has 0 radical (unpaired) electrons. The van der Waals surface area contributed by atoms with Crippen LogP contribution in [0.5, 0.6) is 0 Å². The average molecular weight is 356 g/mol. The molecule has 1 N–H and O–H groups in total. The Morgan fingerprint density at radius 2 is 2.00 bits per heavy atom. The summed E-state index contributed by atoms with van der Waals surface area (Å²) in [5.41, 5.74) is 2.01. The molecule has 23 heavy (non-hydrogen) atoms. The zero-order valence-electron chi connectivity index (χ0n) is 13.5. The van der Waals surface area contributed by atoms with E-state index in [0.29, 0.717) is 18.2 Å². The number of hydrogen-bond donors (Lipinski definition) is 1. The molecule has 3 heterocycles. The highest BCUT2D eigenvalue weighted by Crippen LogP contribution is 2.26. The lowest BCUT2D eigenvalue weighted by atomic mass is 9.93. The van der Waals surface area contributed by atoms with Crippen LogP contribution in [0.15, 0.2) is 18.3 Å². The maximum absolute atomic E-state index is 11.6. The Bertz CT molecular complexity index is 800. The molecule has 0 bridgehead atoms. The number of nitrogens with one attached hydrogen (secondary N) is 1. The molecule has 0 unspecified atom stereocenters. The van der Waals surface area contributed by atoms with Gasteiger partial charge in [0, 0.05) is 30.2 Å². The molecular formula is C16H22ClN3O2S. The molecule has 7 heteroatoms. The lowest BCUT2D eigenvalue weighted by Gasteiger charge is -2.41. The number of halogens is 1. The van der Waals surface area contributed by atoms with E-state index in [2.05, 4.69) is 28.7 Å². The largest absolute Gasteiger partial charge is 0.346 e. The summed E-state index contributed by atoms with van der Waals surface area (Å²) in [6, 6.07) is 3.80. The number of nitrogens with zero attached hydrogens (tertiary/aromatic N) is 2. The number of hydrogen-bond acceptors (Lipinski definition) is 4. The summed E-state index contributed by atoms with van der Waals surface area (Å²) < 4.78 is 23.2. The van der Waals surface area contributed by atoms with Gasteiger partial charge in [0.2, 0.25) is 0 Å². The van der Waals surface area contributed by atoms with E-state index in [-0.39, 0.29) is 17.0 Å². The third-order valence-electron chi connectivity index (χ3n) is 4.80. The van der Waals surface area contributed by atoms with Crippen LogP contribution in [0.2, 0.25) is 5.15 Å². The lowest BCUT2D eigenvalue weighted by molar-refractivity contribution is 0.123. The number of rotatable bonds is 4. The Hall–Kier alpha value is -1.11. The first kappa shape index (κ1) is 16.7. The Labute approximate surface area is 142 Å². The van der Waals surface area contributed by atoms with Crippen molar-refractivity contribution in [3.05, 3.63) is 29.0 Å². The Morgan fingerprint density at radius 1 is 1.30 bits per heavy atom. The van der Waals surface area contributed by atoms with E-state index in [1.807, 2.05) is 18.3 Å². The van der Waals surface area contributed by atoms with Crippen molar-refractivity contribution in [3.8, 4) is 0 Å². The highest BCUT2D eigenvalue weighted by Gasteiger charge is 2.32. The van der Waals surface area contributed by atoms with Crippen LogP contribution in [0.3, 0.4) is 0 Å². The van der Waals surface area contributed by atoms with Crippen LogP contribution in [0.1, 0.15) is 25.8 Å². The standard InChI is InChI=1S/C16H22ClN3O2S/c1-16(2,20-7-9-23(21,22)10-8-20)6-5-12-11-18-15-13(12)3-4-14(17)19-15/h3-4,11H,5-10H2,1-2H3,(H,18,19). The SMILES string of the molecule is CC(C)(CCc1c[nH]c2nc(Cl)ccc12)N1CCS(=O)(=O)CC1.